The Morgan fingerprint density at radius 3 is 3.12 bits per heavy atom. The zero-order chi connectivity index (χ0) is 11.5. The van der Waals surface area contributed by atoms with Crippen molar-refractivity contribution in [3.05, 3.63) is 29.0 Å². The van der Waals surface area contributed by atoms with Crippen molar-refractivity contribution in [3.8, 4) is 0 Å². The van der Waals surface area contributed by atoms with E-state index in [4.69, 9.17) is 16.3 Å². The molecule has 16 heavy (non-hydrogen) atoms. The van der Waals surface area contributed by atoms with Gasteiger partial charge < -0.3 is 10.1 Å². The van der Waals surface area contributed by atoms with Crippen LogP contribution in [-0.4, -0.2) is 29.6 Å². The fourth-order valence-corrected chi connectivity index (χ4v) is 1.93. The monoisotopic (exact) mass is 240 g/mol. The third-order valence-electron chi connectivity index (χ3n) is 2.71. The average molecular weight is 241 g/mol. The third kappa shape index (κ3) is 2.33. The summed E-state index contributed by atoms with van der Waals surface area (Å²) in [5, 5.41) is 3.28. The van der Waals surface area contributed by atoms with Crippen molar-refractivity contribution in [3.63, 3.8) is 0 Å². The zero-order valence-electron chi connectivity index (χ0n) is 8.94. The van der Waals surface area contributed by atoms with Gasteiger partial charge in [0, 0.05) is 19.0 Å². The van der Waals surface area contributed by atoms with E-state index in [1.54, 1.807) is 12.3 Å². The second kappa shape index (κ2) is 4.80. The first-order chi connectivity index (χ1) is 7.68. The lowest BCUT2D eigenvalue weighted by molar-refractivity contribution is 0.0866. The van der Waals surface area contributed by atoms with E-state index in [2.05, 4.69) is 10.3 Å². The molecule has 0 bridgehead atoms. The summed E-state index contributed by atoms with van der Waals surface area (Å²) < 4.78 is 5.37. The van der Waals surface area contributed by atoms with Gasteiger partial charge in [0.15, 0.2) is 0 Å². The molecule has 0 spiro atoms. The van der Waals surface area contributed by atoms with Gasteiger partial charge in [0.25, 0.3) is 5.91 Å². The molecule has 0 radical (unpaired) electrons. The second-order valence-corrected chi connectivity index (χ2v) is 4.21. The van der Waals surface area contributed by atoms with Gasteiger partial charge in [0.05, 0.1) is 22.7 Å². The maximum absolute atomic E-state index is 11.9. The number of hydrogen-bond donors (Lipinski definition) is 1. The van der Waals surface area contributed by atoms with E-state index in [1.165, 1.54) is 6.20 Å². The standard InChI is InChI=1S/C11H13ClN2O2/c1-7-10(3-5-16-7)14-11(15)8-2-4-13-6-9(8)12/h2,4,6-7,10H,3,5H2,1H3,(H,14,15). The van der Waals surface area contributed by atoms with Crippen LogP contribution in [0.2, 0.25) is 5.02 Å². The van der Waals surface area contributed by atoms with E-state index in [9.17, 15) is 4.79 Å². The fraction of sp³-hybridized carbons (Fsp3) is 0.455. The number of carbonyl (C=O) groups excluding carboxylic acids is 1. The molecule has 86 valence electrons. The summed E-state index contributed by atoms with van der Waals surface area (Å²) in [5.74, 6) is -0.172. The molecule has 0 aliphatic carbocycles. The second-order valence-electron chi connectivity index (χ2n) is 3.80. The highest BCUT2D eigenvalue weighted by Gasteiger charge is 2.26. The van der Waals surface area contributed by atoms with E-state index in [0.29, 0.717) is 17.2 Å². The number of carbonyl (C=O) groups is 1. The van der Waals surface area contributed by atoms with Crippen LogP contribution in [0.25, 0.3) is 0 Å². The largest absolute Gasteiger partial charge is 0.376 e. The molecule has 1 aromatic rings. The summed E-state index contributed by atoms with van der Waals surface area (Å²) in [6.07, 6.45) is 3.92. The summed E-state index contributed by atoms with van der Waals surface area (Å²) in [6.45, 7) is 2.64. The van der Waals surface area contributed by atoms with Crippen LogP contribution in [0.1, 0.15) is 23.7 Å². The van der Waals surface area contributed by atoms with Crippen molar-refractivity contribution in [2.45, 2.75) is 25.5 Å². The Kier molecular flexibility index (Phi) is 3.41. The first-order valence-electron chi connectivity index (χ1n) is 5.20. The van der Waals surface area contributed by atoms with Crippen molar-refractivity contribution in [1.29, 1.82) is 0 Å². The summed E-state index contributed by atoms with van der Waals surface area (Å²) in [4.78, 5) is 15.7. The molecule has 0 aromatic carbocycles. The van der Waals surface area contributed by atoms with E-state index < -0.39 is 0 Å². The van der Waals surface area contributed by atoms with Crippen LogP contribution >= 0.6 is 11.6 Å². The van der Waals surface area contributed by atoms with Gasteiger partial charge in [-0.05, 0) is 19.4 Å². The number of rotatable bonds is 2. The lowest BCUT2D eigenvalue weighted by atomic mass is 10.1. The minimum Gasteiger partial charge on any atom is -0.376 e. The van der Waals surface area contributed by atoms with Crippen molar-refractivity contribution < 1.29 is 9.53 Å². The molecular weight excluding hydrogens is 228 g/mol. The predicted octanol–water partition coefficient (Wildman–Crippen LogP) is 1.64. The van der Waals surface area contributed by atoms with Gasteiger partial charge in [0.2, 0.25) is 0 Å². The van der Waals surface area contributed by atoms with Gasteiger partial charge in [-0.15, -0.1) is 0 Å². The van der Waals surface area contributed by atoms with Crippen molar-refractivity contribution in [1.82, 2.24) is 10.3 Å². The van der Waals surface area contributed by atoms with Crippen LogP contribution in [0.4, 0.5) is 0 Å². The molecule has 4 nitrogen and oxygen atoms in total. The Morgan fingerprint density at radius 1 is 1.69 bits per heavy atom. The Hall–Kier alpha value is -1.13. The van der Waals surface area contributed by atoms with Crippen LogP contribution in [-0.2, 0) is 4.74 Å². The number of nitrogens with zero attached hydrogens (tertiary/aromatic N) is 1. The van der Waals surface area contributed by atoms with Crippen LogP contribution in [0.5, 0.6) is 0 Å². The lowest BCUT2D eigenvalue weighted by Gasteiger charge is -2.16. The summed E-state index contributed by atoms with van der Waals surface area (Å²) in [7, 11) is 0. The normalized spacial score (nSPS) is 24.4. The quantitative estimate of drug-likeness (QED) is 0.855. The average Bonchev–Trinajstić information content (AvgIpc) is 2.65. The molecule has 2 rings (SSSR count). The van der Waals surface area contributed by atoms with E-state index in [1.807, 2.05) is 6.92 Å². The molecule has 5 heteroatoms. The minimum absolute atomic E-state index is 0.0598. The Bertz CT molecular complexity index is 397. The highest BCUT2D eigenvalue weighted by molar-refractivity contribution is 6.33. The van der Waals surface area contributed by atoms with Gasteiger partial charge in [0.1, 0.15) is 0 Å². The number of pyridine rings is 1. The molecule has 1 saturated heterocycles. The molecule has 0 saturated carbocycles. The number of halogens is 1. The van der Waals surface area contributed by atoms with Crippen LogP contribution in [0.15, 0.2) is 18.5 Å². The molecule has 1 fully saturated rings. The van der Waals surface area contributed by atoms with Gasteiger partial charge in [-0.2, -0.15) is 0 Å². The van der Waals surface area contributed by atoms with Gasteiger partial charge in [-0.3, -0.25) is 9.78 Å². The number of nitrogens with one attached hydrogen (secondary N) is 1. The molecule has 1 aliphatic heterocycles. The molecule has 2 unspecified atom stereocenters. The lowest BCUT2D eigenvalue weighted by Crippen LogP contribution is -2.39. The molecule has 2 heterocycles. The van der Waals surface area contributed by atoms with Crippen LogP contribution in [0.3, 0.4) is 0 Å². The van der Waals surface area contributed by atoms with Crippen molar-refractivity contribution >= 4 is 17.5 Å². The summed E-state index contributed by atoms with van der Waals surface area (Å²) in [5.41, 5.74) is 0.454. The van der Waals surface area contributed by atoms with Crippen molar-refractivity contribution in [2.75, 3.05) is 6.61 Å². The Balaban J connectivity index is 2.06. The number of ether oxygens (including phenoxy) is 1. The molecule has 1 amide bonds. The SMILES string of the molecule is CC1OCCC1NC(=O)c1ccncc1Cl. The van der Waals surface area contributed by atoms with E-state index >= 15 is 0 Å². The first kappa shape index (κ1) is 11.4. The maximum atomic E-state index is 11.9. The van der Waals surface area contributed by atoms with Crippen LogP contribution in [0, 0.1) is 0 Å². The third-order valence-corrected chi connectivity index (χ3v) is 3.01. The van der Waals surface area contributed by atoms with Crippen molar-refractivity contribution in [2.24, 2.45) is 0 Å². The van der Waals surface area contributed by atoms with Gasteiger partial charge in [-0.25, -0.2) is 0 Å². The summed E-state index contributed by atoms with van der Waals surface area (Å²) >= 11 is 5.89. The molecular formula is C11H13ClN2O2. The van der Waals surface area contributed by atoms with Gasteiger partial charge in [-0.1, -0.05) is 11.6 Å². The fourth-order valence-electron chi connectivity index (χ4n) is 1.73. The first-order valence-corrected chi connectivity index (χ1v) is 5.58. The Morgan fingerprint density at radius 2 is 2.50 bits per heavy atom. The molecule has 1 N–H and O–H groups in total. The summed E-state index contributed by atoms with van der Waals surface area (Å²) in [6, 6.07) is 1.68. The van der Waals surface area contributed by atoms with E-state index in [-0.39, 0.29) is 18.1 Å². The molecule has 2 atom stereocenters. The topological polar surface area (TPSA) is 51.2 Å². The van der Waals surface area contributed by atoms with Crippen LogP contribution < -0.4 is 5.32 Å². The number of amides is 1. The number of hydrogen-bond acceptors (Lipinski definition) is 3. The zero-order valence-corrected chi connectivity index (χ0v) is 9.70. The Labute approximate surface area is 99.0 Å². The maximum Gasteiger partial charge on any atom is 0.253 e. The predicted molar refractivity (Wildman–Crippen MR) is 60.5 cm³/mol. The number of aromatic nitrogens is 1. The minimum atomic E-state index is -0.172. The van der Waals surface area contributed by atoms with E-state index in [0.717, 1.165) is 6.42 Å². The van der Waals surface area contributed by atoms with Gasteiger partial charge >= 0.3 is 0 Å². The smallest absolute Gasteiger partial charge is 0.253 e. The molecule has 1 aromatic heterocycles. The molecule has 1 aliphatic rings. The highest BCUT2D eigenvalue weighted by Crippen LogP contribution is 2.16. The highest BCUT2D eigenvalue weighted by atomic mass is 35.5.